The van der Waals surface area contributed by atoms with Crippen LogP contribution in [0.25, 0.3) is 5.69 Å². The topological polar surface area (TPSA) is 92.9 Å². The zero-order valence-electron chi connectivity index (χ0n) is 15.3. The van der Waals surface area contributed by atoms with Crippen molar-refractivity contribution in [2.75, 3.05) is 0 Å². The molecule has 2 N–H and O–H groups in total. The number of rotatable bonds is 5. The maximum Gasteiger partial charge on any atom is 0.233 e. The van der Waals surface area contributed by atoms with E-state index in [0.717, 1.165) is 18.5 Å². The number of nitrogens with zero attached hydrogens (tertiary/aromatic N) is 4. The molecule has 8 heteroatoms. The van der Waals surface area contributed by atoms with Crippen LogP contribution in [0.1, 0.15) is 40.0 Å². The van der Waals surface area contributed by atoms with Crippen molar-refractivity contribution in [2.45, 2.75) is 56.5 Å². The van der Waals surface area contributed by atoms with E-state index in [9.17, 15) is 9.90 Å². The van der Waals surface area contributed by atoms with Gasteiger partial charge in [0.15, 0.2) is 0 Å². The van der Waals surface area contributed by atoms with E-state index in [-0.39, 0.29) is 22.9 Å². The van der Waals surface area contributed by atoms with Gasteiger partial charge in [0.1, 0.15) is 5.75 Å². The van der Waals surface area contributed by atoms with Gasteiger partial charge in [0.05, 0.1) is 10.9 Å². The molecule has 26 heavy (non-hydrogen) atoms. The quantitative estimate of drug-likeness (QED) is 0.781. The van der Waals surface area contributed by atoms with Crippen molar-refractivity contribution in [1.29, 1.82) is 0 Å². The zero-order valence-corrected chi connectivity index (χ0v) is 16.1. The molecule has 0 spiro atoms. The summed E-state index contributed by atoms with van der Waals surface area (Å²) in [6, 6.07) is 6.85. The Labute approximate surface area is 157 Å². The van der Waals surface area contributed by atoms with Gasteiger partial charge in [0.2, 0.25) is 11.1 Å². The van der Waals surface area contributed by atoms with E-state index in [1.807, 2.05) is 6.92 Å². The van der Waals surface area contributed by atoms with Gasteiger partial charge in [-0.25, -0.2) is 0 Å². The summed E-state index contributed by atoms with van der Waals surface area (Å²) < 4.78 is 1.57. The Morgan fingerprint density at radius 1 is 1.31 bits per heavy atom. The summed E-state index contributed by atoms with van der Waals surface area (Å²) in [6.07, 6.45) is 3.44. The average Bonchev–Trinajstić information content (AvgIpc) is 3.07. The van der Waals surface area contributed by atoms with E-state index in [1.165, 1.54) is 18.2 Å². The van der Waals surface area contributed by atoms with Gasteiger partial charge in [-0.1, -0.05) is 38.5 Å². The summed E-state index contributed by atoms with van der Waals surface area (Å²) in [5.41, 5.74) is 0.734. The molecule has 2 aromatic rings. The third kappa shape index (κ3) is 4.17. The second-order valence-corrected chi connectivity index (χ2v) is 8.34. The molecule has 3 rings (SSSR count). The first-order valence-electron chi connectivity index (χ1n) is 9.00. The molecule has 1 aromatic heterocycles. The molecule has 0 radical (unpaired) electrons. The number of aromatic hydroxyl groups is 1. The van der Waals surface area contributed by atoms with Crippen molar-refractivity contribution in [3.8, 4) is 11.4 Å². The van der Waals surface area contributed by atoms with Gasteiger partial charge >= 0.3 is 0 Å². The first-order valence-corrected chi connectivity index (χ1v) is 9.88. The smallest absolute Gasteiger partial charge is 0.233 e. The fourth-order valence-electron chi connectivity index (χ4n) is 3.31. The van der Waals surface area contributed by atoms with E-state index in [2.05, 4.69) is 34.7 Å². The molecule has 4 atom stereocenters. The van der Waals surface area contributed by atoms with E-state index < -0.39 is 0 Å². The molecular formula is C18H25N5O2S. The van der Waals surface area contributed by atoms with Crippen LogP contribution in [0, 0.1) is 11.8 Å². The third-order valence-corrected chi connectivity index (χ3v) is 6.25. The lowest BCUT2D eigenvalue weighted by Gasteiger charge is -2.35. The molecule has 1 fully saturated rings. The number of tetrazole rings is 1. The number of hydrogen-bond acceptors (Lipinski definition) is 6. The number of phenols is 1. The second kappa shape index (κ2) is 8.07. The highest BCUT2D eigenvalue weighted by molar-refractivity contribution is 8.00. The monoisotopic (exact) mass is 375 g/mol. The second-order valence-electron chi connectivity index (χ2n) is 7.03. The average molecular weight is 375 g/mol. The summed E-state index contributed by atoms with van der Waals surface area (Å²) in [5.74, 6) is 1.33. The standard InChI is InChI=1S/C18H25N5O2S/c1-11-5-4-6-16(12(11)2)19-17(25)13(3)26-18-20-21-22-23(18)14-7-9-15(24)10-8-14/h7-13,16,24H,4-6H2,1-3H3,(H,19,25)/t11-,12-,13-,16+/m1/s1. The highest BCUT2D eigenvalue weighted by Crippen LogP contribution is 2.30. The van der Waals surface area contributed by atoms with Gasteiger partial charge in [-0.05, 0) is 59.9 Å². The van der Waals surface area contributed by atoms with Gasteiger partial charge in [0.25, 0.3) is 0 Å². The highest BCUT2D eigenvalue weighted by Gasteiger charge is 2.30. The summed E-state index contributed by atoms with van der Waals surface area (Å²) >= 11 is 1.33. The first kappa shape index (κ1) is 18.7. The van der Waals surface area contributed by atoms with Crippen LogP contribution in [0.3, 0.4) is 0 Å². The van der Waals surface area contributed by atoms with Gasteiger partial charge in [0, 0.05) is 6.04 Å². The Hall–Kier alpha value is -2.09. The summed E-state index contributed by atoms with van der Waals surface area (Å²) in [4.78, 5) is 12.6. The molecule has 7 nitrogen and oxygen atoms in total. The van der Waals surface area contributed by atoms with Crippen molar-refractivity contribution in [3.63, 3.8) is 0 Å². The largest absolute Gasteiger partial charge is 0.508 e. The Morgan fingerprint density at radius 2 is 2.04 bits per heavy atom. The van der Waals surface area contributed by atoms with E-state index in [1.54, 1.807) is 28.9 Å². The summed E-state index contributed by atoms with van der Waals surface area (Å²) in [6.45, 7) is 6.34. The minimum atomic E-state index is -0.304. The van der Waals surface area contributed by atoms with Crippen LogP contribution in [0.4, 0.5) is 0 Å². The Kier molecular flexibility index (Phi) is 5.80. The molecule has 140 valence electrons. The minimum Gasteiger partial charge on any atom is -0.508 e. The highest BCUT2D eigenvalue weighted by atomic mass is 32.2. The van der Waals surface area contributed by atoms with Crippen molar-refractivity contribution in [1.82, 2.24) is 25.5 Å². The normalized spacial score (nSPS) is 24.2. The molecule has 1 saturated carbocycles. The summed E-state index contributed by atoms with van der Waals surface area (Å²) in [7, 11) is 0. The lowest BCUT2D eigenvalue weighted by molar-refractivity contribution is -0.121. The summed E-state index contributed by atoms with van der Waals surface area (Å²) in [5, 5.41) is 24.6. The lowest BCUT2D eigenvalue weighted by atomic mass is 9.78. The predicted molar refractivity (Wildman–Crippen MR) is 100 cm³/mol. The van der Waals surface area contributed by atoms with Crippen LogP contribution in [-0.4, -0.2) is 42.5 Å². The molecule has 1 heterocycles. The number of carbonyl (C=O) groups excluding carboxylic acids is 1. The maximum absolute atomic E-state index is 12.6. The SMILES string of the molecule is C[C@@H]1[C@H](C)CCC[C@@H]1NC(=O)[C@@H](C)Sc1nnnn1-c1ccc(O)cc1. The fraction of sp³-hybridized carbons (Fsp3) is 0.556. The van der Waals surface area contributed by atoms with E-state index >= 15 is 0 Å². The van der Waals surface area contributed by atoms with Gasteiger partial charge in [-0.2, -0.15) is 4.68 Å². The Bertz CT molecular complexity index is 748. The molecule has 1 aliphatic rings. The molecular weight excluding hydrogens is 350 g/mol. The number of hydrogen-bond donors (Lipinski definition) is 2. The molecule has 0 bridgehead atoms. The minimum absolute atomic E-state index is 0.0150. The number of aromatic nitrogens is 4. The molecule has 0 aliphatic heterocycles. The van der Waals surface area contributed by atoms with Crippen LogP contribution in [-0.2, 0) is 4.79 Å². The van der Waals surface area contributed by atoms with E-state index in [4.69, 9.17) is 0 Å². The number of carbonyl (C=O) groups is 1. The number of benzene rings is 1. The predicted octanol–water partition coefficient (Wildman–Crippen LogP) is 2.79. The fourth-order valence-corrected chi connectivity index (χ4v) is 4.12. The van der Waals surface area contributed by atoms with Crippen molar-refractivity contribution in [2.24, 2.45) is 11.8 Å². The molecule has 0 unspecified atom stereocenters. The van der Waals surface area contributed by atoms with Crippen LogP contribution in [0.2, 0.25) is 0 Å². The van der Waals surface area contributed by atoms with Crippen LogP contribution >= 0.6 is 11.8 Å². The molecule has 1 aliphatic carbocycles. The number of nitrogens with one attached hydrogen (secondary N) is 1. The Morgan fingerprint density at radius 3 is 2.77 bits per heavy atom. The van der Waals surface area contributed by atoms with E-state index in [0.29, 0.717) is 17.0 Å². The van der Waals surface area contributed by atoms with Gasteiger partial charge in [-0.15, -0.1) is 5.10 Å². The maximum atomic E-state index is 12.6. The van der Waals surface area contributed by atoms with Crippen LogP contribution < -0.4 is 5.32 Å². The number of thioether (sulfide) groups is 1. The van der Waals surface area contributed by atoms with Crippen molar-refractivity contribution in [3.05, 3.63) is 24.3 Å². The molecule has 0 saturated heterocycles. The zero-order chi connectivity index (χ0) is 18.7. The lowest BCUT2D eigenvalue weighted by Crippen LogP contribution is -2.46. The van der Waals surface area contributed by atoms with Crippen LogP contribution in [0.5, 0.6) is 5.75 Å². The first-order chi connectivity index (χ1) is 12.5. The van der Waals surface area contributed by atoms with Crippen molar-refractivity contribution >= 4 is 17.7 Å². The number of amides is 1. The van der Waals surface area contributed by atoms with Gasteiger partial charge < -0.3 is 10.4 Å². The Balaban J connectivity index is 1.65. The molecule has 1 aromatic carbocycles. The van der Waals surface area contributed by atoms with Crippen LogP contribution in [0.15, 0.2) is 29.4 Å². The number of phenolic OH excluding ortho intramolecular Hbond substituents is 1. The molecule has 1 amide bonds. The third-order valence-electron chi connectivity index (χ3n) is 5.22. The van der Waals surface area contributed by atoms with Crippen molar-refractivity contribution < 1.29 is 9.90 Å². The van der Waals surface area contributed by atoms with Gasteiger partial charge in [-0.3, -0.25) is 4.79 Å².